The molecule has 0 spiro atoms. The molecule has 0 saturated carbocycles. The van der Waals surface area contributed by atoms with Crippen molar-refractivity contribution in [2.24, 2.45) is 0 Å². The number of H-pyrrole nitrogens is 1. The third-order valence-corrected chi connectivity index (χ3v) is 6.07. The highest BCUT2D eigenvalue weighted by molar-refractivity contribution is 7.89. The number of nitrogens with two attached hydrogens (primary N) is 1. The van der Waals surface area contributed by atoms with E-state index in [9.17, 15) is 18.5 Å². The van der Waals surface area contributed by atoms with Crippen LogP contribution in [0.2, 0.25) is 0 Å². The Bertz CT molecular complexity index is 1080. The number of nitrogens with one attached hydrogen (secondary N) is 3. The minimum absolute atomic E-state index is 0.160. The molecule has 1 heterocycles. The molecule has 0 fully saturated rings. The van der Waals surface area contributed by atoms with E-state index in [-0.39, 0.29) is 22.1 Å². The van der Waals surface area contributed by atoms with Crippen LogP contribution in [-0.4, -0.2) is 35.6 Å². The Labute approximate surface area is 181 Å². The third kappa shape index (κ3) is 6.66. The molecule has 5 N–H and O–H groups in total. The van der Waals surface area contributed by atoms with Crippen LogP contribution < -0.4 is 15.8 Å². The quantitative estimate of drug-likeness (QED) is 0.243. The van der Waals surface area contributed by atoms with Crippen LogP contribution in [0.3, 0.4) is 0 Å². The zero-order valence-corrected chi connectivity index (χ0v) is 18.5. The van der Waals surface area contributed by atoms with Crippen molar-refractivity contribution >= 4 is 27.2 Å². The van der Waals surface area contributed by atoms with Crippen molar-refractivity contribution in [1.29, 1.82) is 5.26 Å². The first-order valence-electron chi connectivity index (χ1n) is 9.73. The lowest BCUT2D eigenvalue weighted by molar-refractivity contribution is -0.384. The smallest absolute Gasteiger partial charge is 0.293 e. The van der Waals surface area contributed by atoms with Crippen molar-refractivity contribution in [2.45, 2.75) is 56.9 Å². The molecule has 1 aromatic carbocycles. The molecule has 168 valence electrons. The molecule has 31 heavy (non-hydrogen) atoms. The van der Waals surface area contributed by atoms with E-state index < -0.39 is 20.5 Å². The standard InChI is InChI=1S/C19H27N7O4S/c1-19(2,3)25-31(29,30)13-8-9-16(17(11-13)26(27)28)22-10-6-4-5-7-15-14(12-20)18(21)24-23-15/h8-9,11,22,25H,4-7,10H2,1-3H3,(H3,21,23,24). The number of benzene rings is 1. The van der Waals surface area contributed by atoms with Gasteiger partial charge < -0.3 is 11.1 Å². The first kappa shape index (κ1) is 24.1. The summed E-state index contributed by atoms with van der Waals surface area (Å²) in [5.74, 6) is 0.189. The molecule has 0 atom stereocenters. The lowest BCUT2D eigenvalue weighted by Gasteiger charge is -2.20. The Hall–Kier alpha value is -3.17. The average Bonchev–Trinajstić information content (AvgIpc) is 3.02. The Morgan fingerprint density at radius 1 is 1.29 bits per heavy atom. The molecule has 0 aliphatic heterocycles. The van der Waals surface area contributed by atoms with Gasteiger partial charge in [-0.3, -0.25) is 15.2 Å². The fourth-order valence-corrected chi connectivity index (χ4v) is 4.41. The molecule has 0 amide bonds. The molecule has 0 aliphatic carbocycles. The number of hydrogen-bond donors (Lipinski definition) is 4. The number of nitriles is 1. The number of nitrogen functional groups attached to an aromatic ring is 1. The fraction of sp³-hybridized carbons (Fsp3) is 0.474. The second kappa shape index (κ2) is 9.76. The van der Waals surface area contributed by atoms with Crippen LogP contribution in [0.1, 0.15) is 51.3 Å². The second-order valence-corrected chi connectivity index (χ2v) is 9.79. The molecular weight excluding hydrogens is 422 g/mol. The van der Waals surface area contributed by atoms with Gasteiger partial charge in [-0.1, -0.05) is 6.42 Å². The predicted octanol–water partition coefficient (Wildman–Crippen LogP) is 2.67. The molecule has 2 rings (SSSR count). The SMILES string of the molecule is CC(C)(C)NS(=O)(=O)c1ccc(NCCCCCc2[nH]nc(N)c2C#N)c([N+](=O)[O-])c1. The maximum atomic E-state index is 12.4. The summed E-state index contributed by atoms with van der Waals surface area (Å²) >= 11 is 0. The van der Waals surface area contributed by atoms with Crippen molar-refractivity contribution in [3.63, 3.8) is 0 Å². The molecule has 0 unspecified atom stereocenters. The van der Waals surface area contributed by atoms with Gasteiger partial charge in [0.05, 0.1) is 15.5 Å². The van der Waals surface area contributed by atoms with Crippen molar-refractivity contribution in [1.82, 2.24) is 14.9 Å². The summed E-state index contributed by atoms with van der Waals surface area (Å²) in [6.45, 7) is 5.55. The van der Waals surface area contributed by atoms with E-state index in [1.165, 1.54) is 12.1 Å². The molecule has 0 radical (unpaired) electrons. The zero-order chi connectivity index (χ0) is 23.2. The van der Waals surface area contributed by atoms with E-state index in [0.717, 1.165) is 25.3 Å². The molecule has 12 heteroatoms. The van der Waals surface area contributed by atoms with Crippen molar-refractivity contribution in [3.8, 4) is 6.07 Å². The maximum absolute atomic E-state index is 12.4. The highest BCUT2D eigenvalue weighted by Crippen LogP contribution is 2.28. The van der Waals surface area contributed by atoms with E-state index in [1.54, 1.807) is 20.8 Å². The van der Waals surface area contributed by atoms with E-state index >= 15 is 0 Å². The van der Waals surface area contributed by atoms with Crippen molar-refractivity contribution < 1.29 is 13.3 Å². The summed E-state index contributed by atoms with van der Waals surface area (Å²) < 4.78 is 27.4. The van der Waals surface area contributed by atoms with Crippen LogP contribution in [0.5, 0.6) is 0 Å². The Balaban J connectivity index is 1.94. The van der Waals surface area contributed by atoms with Gasteiger partial charge in [-0.15, -0.1) is 0 Å². The lowest BCUT2D eigenvalue weighted by atomic mass is 10.1. The van der Waals surface area contributed by atoms with Gasteiger partial charge >= 0.3 is 0 Å². The van der Waals surface area contributed by atoms with Crippen molar-refractivity contribution in [3.05, 3.63) is 39.6 Å². The summed E-state index contributed by atoms with van der Waals surface area (Å²) in [5, 5.41) is 30.1. The Morgan fingerprint density at radius 2 is 2.00 bits per heavy atom. The number of aryl methyl sites for hydroxylation is 1. The highest BCUT2D eigenvalue weighted by atomic mass is 32.2. The van der Waals surface area contributed by atoms with Crippen LogP contribution in [0.15, 0.2) is 23.1 Å². The number of nitro benzene ring substituents is 1. The number of unbranched alkanes of at least 4 members (excludes halogenated alkanes) is 2. The monoisotopic (exact) mass is 449 g/mol. The second-order valence-electron chi connectivity index (χ2n) is 8.10. The zero-order valence-electron chi connectivity index (χ0n) is 17.7. The topological polar surface area (TPSA) is 180 Å². The number of hydrogen-bond acceptors (Lipinski definition) is 8. The number of aromatic nitrogens is 2. The number of sulfonamides is 1. The number of anilines is 2. The van der Waals surface area contributed by atoms with Gasteiger partial charge in [-0.25, -0.2) is 13.1 Å². The predicted molar refractivity (Wildman–Crippen MR) is 117 cm³/mol. The van der Waals surface area contributed by atoms with Gasteiger partial charge in [0.1, 0.15) is 17.3 Å². The first-order chi connectivity index (χ1) is 14.4. The van der Waals surface area contributed by atoms with E-state index in [2.05, 4.69) is 20.2 Å². The van der Waals surface area contributed by atoms with Gasteiger partial charge in [0.25, 0.3) is 5.69 Å². The number of rotatable bonds is 10. The molecular formula is C19H27N7O4S. The first-order valence-corrected chi connectivity index (χ1v) is 11.2. The van der Waals surface area contributed by atoms with Crippen LogP contribution in [0, 0.1) is 21.4 Å². The van der Waals surface area contributed by atoms with Crippen LogP contribution >= 0.6 is 0 Å². The molecule has 0 saturated heterocycles. The summed E-state index contributed by atoms with van der Waals surface area (Å²) in [6.07, 6.45) is 2.96. The van der Waals surface area contributed by atoms with Gasteiger partial charge in [-0.2, -0.15) is 10.4 Å². The molecule has 11 nitrogen and oxygen atoms in total. The minimum Gasteiger partial charge on any atom is -0.381 e. The lowest BCUT2D eigenvalue weighted by Crippen LogP contribution is -2.40. The van der Waals surface area contributed by atoms with Crippen LogP contribution in [0.25, 0.3) is 0 Å². The van der Waals surface area contributed by atoms with Crippen molar-refractivity contribution in [2.75, 3.05) is 17.6 Å². The number of nitro groups is 1. The normalized spacial score (nSPS) is 11.8. The minimum atomic E-state index is -3.88. The third-order valence-electron chi connectivity index (χ3n) is 4.32. The van der Waals surface area contributed by atoms with Gasteiger partial charge in [-0.05, 0) is 52.2 Å². The molecule has 1 aromatic heterocycles. The van der Waals surface area contributed by atoms with Gasteiger partial charge in [0.15, 0.2) is 5.82 Å². The Kier molecular flexibility index (Phi) is 7.59. The fourth-order valence-electron chi connectivity index (χ4n) is 2.97. The van der Waals surface area contributed by atoms with Gasteiger partial charge in [0.2, 0.25) is 10.0 Å². The number of nitrogens with zero attached hydrogens (tertiary/aromatic N) is 3. The van der Waals surface area contributed by atoms with E-state index in [0.29, 0.717) is 24.2 Å². The summed E-state index contributed by atoms with van der Waals surface area (Å²) in [6, 6.07) is 5.82. The molecule has 0 bridgehead atoms. The van der Waals surface area contributed by atoms with E-state index in [4.69, 9.17) is 11.0 Å². The molecule has 0 aliphatic rings. The van der Waals surface area contributed by atoms with Crippen LogP contribution in [0.4, 0.5) is 17.2 Å². The molecule has 2 aromatic rings. The van der Waals surface area contributed by atoms with E-state index in [1.807, 2.05) is 6.07 Å². The van der Waals surface area contributed by atoms with Gasteiger partial charge in [0, 0.05) is 18.2 Å². The summed E-state index contributed by atoms with van der Waals surface area (Å²) in [4.78, 5) is 10.7. The largest absolute Gasteiger partial charge is 0.381 e. The Morgan fingerprint density at radius 3 is 2.61 bits per heavy atom. The average molecular weight is 450 g/mol. The highest BCUT2D eigenvalue weighted by Gasteiger charge is 2.25. The summed E-state index contributed by atoms with van der Waals surface area (Å²) in [5.41, 5.74) is 5.91. The van der Waals surface area contributed by atoms with Crippen LogP contribution in [-0.2, 0) is 16.4 Å². The maximum Gasteiger partial charge on any atom is 0.293 e. The summed E-state index contributed by atoms with van der Waals surface area (Å²) in [7, 11) is -3.88. The number of aromatic amines is 1.